The second kappa shape index (κ2) is 33.3. The molecule has 5 aromatic heterocycles. The Balaban J connectivity index is 0.000000301. The third-order valence-corrected chi connectivity index (χ3v) is 15.7. The molecule has 1 aliphatic heterocycles. The molecule has 0 aliphatic carbocycles. The van der Waals surface area contributed by atoms with Gasteiger partial charge in [-0.3, -0.25) is 0 Å². The SMILES string of the molecule is C.C.C.C.C.COc1ccc(-c2ccc(C(F)(F)F)c[n+]2C)c(C)c1.Cc1cc(F)cc(F)c1-c1cccc[n+]1C.Cc1cc2c(cc1-c1cc(C(C)(C)C)cc[n+]1C)OCO2.Cc1ccc(-c2cccc[n+]2C)c(C)c1.Cc1cccc2ccc3ccc[n+](C)c3c12. The summed E-state index contributed by atoms with van der Waals surface area (Å²) in [6, 6.07) is 52.4. The van der Waals surface area contributed by atoms with Crippen molar-refractivity contribution < 1.29 is 59.0 Å². The van der Waals surface area contributed by atoms with E-state index in [4.69, 9.17) is 14.2 Å². The number of halogens is 5. The van der Waals surface area contributed by atoms with Gasteiger partial charge in [-0.15, -0.1) is 0 Å². The molecule has 8 nitrogen and oxygen atoms in total. The maximum atomic E-state index is 13.7. The zero-order valence-corrected chi connectivity index (χ0v) is 53.0. The standard InChI is InChI=1S/C18H22NO2.C15H15F3NO.C15H14N.C14H16N.C13H12F2N.5CH4/c1-12-8-16-17(21-11-20-16)10-14(12)15-9-13(18(2,3)4)6-7-19(15)5;1-10-8-12(20-3)5-6-13(10)14-7-4-11(9-19(14)2)15(16,17)18;1-11-5-3-6-12-8-9-13-7-4-10-16(2)15(13)14(11)12;1-11-7-8-13(12(2)10-11)14-6-4-5-9-15(14)3;1-9-7-10(14)8-11(15)13(9)12-5-3-4-6-16(12)2;;;;;/h6-10H,11H2,1-5H3;4-9H,1-3H3;3-10H,1-2H3;4-10H,1-3H3;3-8H,1-2H3;5*1H4/q5*+1;;;;;. The first-order chi connectivity index (χ1) is 41.7. The third-order valence-electron chi connectivity index (χ3n) is 15.7. The monoisotopic (exact) mass is 1270 g/mol. The van der Waals surface area contributed by atoms with Crippen molar-refractivity contribution in [3.05, 3.63) is 251 Å². The summed E-state index contributed by atoms with van der Waals surface area (Å²) >= 11 is 0. The van der Waals surface area contributed by atoms with Gasteiger partial charge in [0.1, 0.15) is 58.2 Å². The van der Waals surface area contributed by atoms with Crippen LogP contribution in [0.2, 0.25) is 0 Å². The number of rotatable bonds is 5. The first-order valence-electron chi connectivity index (χ1n) is 29.1. The number of pyridine rings is 5. The predicted octanol–water partition coefficient (Wildman–Crippen LogP) is 18.9. The van der Waals surface area contributed by atoms with Crippen molar-refractivity contribution in [2.24, 2.45) is 35.2 Å². The van der Waals surface area contributed by atoms with Crippen molar-refractivity contribution >= 4 is 21.7 Å². The third kappa shape index (κ3) is 18.7. The molecule has 13 heteroatoms. The fraction of sp³-hybridized carbons (Fsp3) is 0.287. The molecule has 93 heavy (non-hydrogen) atoms. The molecule has 492 valence electrons. The van der Waals surface area contributed by atoms with E-state index in [9.17, 15) is 22.0 Å². The highest BCUT2D eigenvalue weighted by molar-refractivity contribution is 6.05. The Bertz CT molecular complexity index is 4240. The first-order valence-corrected chi connectivity index (χ1v) is 29.1. The second-order valence-electron chi connectivity index (χ2n) is 23.4. The fourth-order valence-electron chi connectivity index (χ4n) is 10.9. The zero-order chi connectivity index (χ0) is 63.8. The van der Waals surface area contributed by atoms with Gasteiger partial charge in [0.25, 0.3) is 0 Å². The molecule has 1 aliphatic rings. The number of hydrogen-bond acceptors (Lipinski definition) is 3. The molecule has 0 atom stereocenters. The largest absolute Gasteiger partial charge is 0.497 e. The number of aromatic nitrogens is 5. The topological polar surface area (TPSA) is 47.1 Å². The zero-order valence-electron chi connectivity index (χ0n) is 53.0. The lowest BCUT2D eigenvalue weighted by molar-refractivity contribution is -0.661. The number of hydrogen-bond donors (Lipinski definition) is 0. The van der Waals surface area contributed by atoms with Gasteiger partial charge in [0.05, 0.1) is 23.6 Å². The normalized spacial score (nSPS) is 10.9. The van der Waals surface area contributed by atoms with Crippen LogP contribution in [-0.4, -0.2) is 13.9 Å². The lowest BCUT2D eigenvalue weighted by Gasteiger charge is -2.19. The minimum Gasteiger partial charge on any atom is -0.497 e. The second-order valence-corrected chi connectivity index (χ2v) is 23.4. The van der Waals surface area contributed by atoms with Crippen LogP contribution in [0.1, 0.15) is 102 Å². The molecule has 0 amide bonds. The lowest BCUT2D eigenvalue weighted by atomic mass is 9.86. The minimum absolute atomic E-state index is 0. The molecule has 12 rings (SSSR count). The van der Waals surface area contributed by atoms with Gasteiger partial charge < -0.3 is 14.2 Å². The summed E-state index contributed by atoms with van der Waals surface area (Å²) < 4.78 is 90.5. The van der Waals surface area contributed by atoms with E-state index in [1.165, 1.54) is 88.7 Å². The van der Waals surface area contributed by atoms with E-state index in [2.05, 4.69) is 199 Å². The molecule has 6 heterocycles. The van der Waals surface area contributed by atoms with Crippen LogP contribution in [0.4, 0.5) is 22.0 Å². The van der Waals surface area contributed by atoms with Crippen molar-refractivity contribution in [2.45, 2.75) is 111 Å². The van der Waals surface area contributed by atoms with E-state index in [1.807, 2.05) is 61.1 Å². The Morgan fingerprint density at radius 1 is 0.430 bits per heavy atom. The average Bonchev–Trinajstić information content (AvgIpc) is 1.25. The van der Waals surface area contributed by atoms with Crippen molar-refractivity contribution in [1.82, 2.24) is 0 Å². The van der Waals surface area contributed by atoms with Crippen LogP contribution in [0.25, 0.3) is 66.7 Å². The summed E-state index contributed by atoms with van der Waals surface area (Å²) in [6.07, 6.45) is 4.91. The Kier molecular flexibility index (Phi) is 27.9. The van der Waals surface area contributed by atoms with Crippen LogP contribution < -0.4 is 37.0 Å². The molecule has 0 saturated carbocycles. The highest BCUT2D eigenvalue weighted by Gasteiger charge is 2.34. The maximum absolute atomic E-state index is 13.7. The first kappa shape index (κ1) is 77.9. The average molecular weight is 1270 g/mol. The molecule has 0 radical (unpaired) electrons. The number of methoxy groups -OCH3 is 1. The molecule has 6 aromatic carbocycles. The number of alkyl halides is 3. The molecule has 0 spiro atoms. The van der Waals surface area contributed by atoms with Gasteiger partial charge in [0.15, 0.2) is 42.5 Å². The number of fused-ring (bicyclic) bond motifs is 4. The van der Waals surface area contributed by atoms with Crippen LogP contribution in [0.15, 0.2) is 195 Å². The molecule has 0 unspecified atom stereocenters. The number of ether oxygens (including phenoxy) is 3. The van der Waals surface area contributed by atoms with Crippen molar-refractivity contribution in [1.29, 1.82) is 0 Å². The summed E-state index contributed by atoms with van der Waals surface area (Å²) in [4.78, 5) is 0. The highest BCUT2D eigenvalue weighted by atomic mass is 19.4. The maximum Gasteiger partial charge on any atom is 0.422 e. The van der Waals surface area contributed by atoms with E-state index in [0.29, 0.717) is 17.9 Å². The summed E-state index contributed by atoms with van der Waals surface area (Å²) in [5.41, 5.74) is 16.6. The molecule has 11 aromatic rings. The number of nitrogens with zero attached hydrogens (tertiary/aromatic N) is 5. The fourth-order valence-corrected chi connectivity index (χ4v) is 10.9. The van der Waals surface area contributed by atoms with Gasteiger partial charge in [-0.05, 0) is 159 Å². The Labute approximate surface area is 551 Å². The van der Waals surface area contributed by atoms with Gasteiger partial charge in [0, 0.05) is 71.1 Å². The summed E-state index contributed by atoms with van der Waals surface area (Å²) in [5.74, 6) is 1.32. The van der Waals surface area contributed by atoms with Gasteiger partial charge in [-0.2, -0.15) is 13.2 Å². The molecular weight excluding hydrogens is 1170 g/mol. The Morgan fingerprint density at radius 3 is 1.57 bits per heavy atom. The van der Waals surface area contributed by atoms with E-state index in [-0.39, 0.29) is 42.5 Å². The predicted molar refractivity (Wildman–Crippen MR) is 373 cm³/mol. The quantitative estimate of drug-likeness (QED) is 0.0980. The molecule has 0 N–H and O–H groups in total. The summed E-state index contributed by atoms with van der Waals surface area (Å²) in [6.45, 7) is 19.2. The lowest BCUT2D eigenvalue weighted by Crippen LogP contribution is -2.32. The van der Waals surface area contributed by atoms with Gasteiger partial charge in [-0.1, -0.05) is 99.9 Å². The van der Waals surface area contributed by atoms with E-state index in [1.54, 1.807) is 27.1 Å². The number of benzene rings is 6. The summed E-state index contributed by atoms with van der Waals surface area (Å²) in [7, 11) is 11.3. The Morgan fingerprint density at radius 2 is 0.989 bits per heavy atom. The van der Waals surface area contributed by atoms with Crippen molar-refractivity contribution in [2.75, 3.05) is 13.9 Å². The molecular formula is C80H99F5N5O3+5. The van der Waals surface area contributed by atoms with Crippen LogP contribution in [0.5, 0.6) is 17.2 Å². The minimum atomic E-state index is -4.33. The van der Waals surface area contributed by atoms with Crippen molar-refractivity contribution in [3.8, 4) is 62.3 Å². The molecule has 0 bridgehead atoms. The van der Waals surface area contributed by atoms with Gasteiger partial charge in [-0.25, -0.2) is 31.6 Å². The van der Waals surface area contributed by atoms with Gasteiger partial charge >= 0.3 is 6.18 Å². The molecule has 0 saturated heterocycles. The van der Waals surface area contributed by atoms with Gasteiger partial charge in [0.2, 0.25) is 35.1 Å². The smallest absolute Gasteiger partial charge is 0.422 e. The Hall–Kier alpha value is -9.36. The van der Waals surface area contributed by atoms with Crippen LogP contribution in [0.3, 0.4) is 0 Å². The van der Waals surface area contributed by atoms with Crippen molar-refractivity contribution in [3.63, 3.8) is 0 Å². The van der Waals surface area contributed by atoms with Crippen LogP contribution >= 0.6 is 0 Å². The molecule has 0 fully saturated rings. The van der Waals surface area contributed by atoms with Crippen LogP contribution in [-0.2, 0) is 46.8 Å². The van der Waals surface area contributed by atoms with E-state index < -0.39 is 23.4 Å². The van der Waals surface area contributed by atoms with E-state index >= 15 is 0 Å². The highest BCUT2D eigenvalue weighted by Crippen LogP contribution is 2.39. The van der Waals surface area contributed by atoms with E-state index in [0.717, 1.165) is 58.1 Å². The number of aryl methyl sites for hydroxylation is 11. The summed E-state index contributed by atoms with van der Waals surface area (Å²) in [5, 5.41) is 3.98. The van der Waals surface area contributed by atoms with Crippen LogP contribution in [0, 0.1) is 53.2 Å².